The number of ether oxygens (including phenoxy) is 1. The monoisotopic (exact) mass is 431 g/mol. The van der Waals surface area contributed by atoms with E-state index in [0.29, 0.717) is 40.6 Å². The quantitative estimate of drug-likeness (QED) is 0.597. The first-order chi connectivity index (χ1) is 15.6. The standard InChI is InChI=1S/C24H25N5O3/c1-32-12-11-18-3-2-4-21(18)28-23(30)19-9-10-22(26-14-19)29-24(31)20(15-27-29)17-7-5-16(13-25)6-8-17/h5-10,14-15,18,21,27H,2-4,11-12H2,1H3,(H,28,30)/t18-,21-/m1/s1. The van der Waals surface area contributed by atoms with Gasteiger partial charge in [0, 0.05) is 32.2 Å². The summed E-state index contributed by atoms with van der Waals surface area (Å²) in [7, 11) is 1.69. The van der Waals surface area contributed by atoms with Crippen molar-refractivity contribution in [2.24, 2.45) is 5.92 Å². The van der Waals surface area contributed by atoms with Gasteiger partial charge in [-0.05, 0) is 55.0 Å². The fourth-order valence-electron chi connectivity index (χ4n) is 4.22. The summed E-state index contributed by atoms with van der Waals surface area (Å²) in [5.41, 5.74) is 1.91. The third-order valence-electron chi connectivity index (χ3n) is 6.00. The van der Waals surface area contributed by atoms with Crippen molar-refractivity contribution in [1.82, 2.24) is 20.1 Å². The van der Waals surface area contributed by atoms with Gasteiger partial charge in [0.15, 0.2) is 5.82 Å². The molecule has 1 aliphatic rings. The maximum absolute atomic E-state index is 12.8. The molecule has 0 unspecified atom stereocenters. The van der Waals surface area contributed by atoms with Crippen molar-refractivity contribution in [3.63, 3.8) is 0 Å². The van der Waals surface area contributed by atoms with Crippen LogP contribution in [0.1, 0.15) is 41.6 Å². The molecule has 4 rings (SSSR count). The average molecular weight is 431 g/mol. The number of nitriles is 1. The third kappa shape index (κ3) is 4.48. The molecule has 0 saturated heterocycles. The van der Waals surface area contributed by atoms with Crippen LogP contribution in [0.25, 0.3) is 16.9 Å². The van der Waals surface area contributed by atoms with E-state index < -0.39 is 0 Å². The first kappa shape index (κ1) is 21.5. The van der Waals surface area contributed by atoms with Crippen LogP contribution >= 0.6 is 0 Å². The van der Waals surface area contributed by atoms with Crippen molar-refractivity contribution in [3.05, 3.63) is 70.3 Å². The molecule has 8 nitrogen and oxygen atoms in total. The highest BCUT2D eigenvalue weighted by atomic mass is 16.5. The third-order valence-corrected chi connectivity index (χ3v) is 6.00. The van der Waals surface area contributed by atoms with Gasteiger partial charge in [0.2, 0.25) is 0 Å². The Kier molecular flexibility index (Phi) is 6.47. The molecule has 0 aliphatic heterocycles. The van der Waals surface area contributed by atoms with E-state index in [-0.39, 0.29) is 17.5 Å². The predicted octanol–water partition coefficient (Wildman–Crippen LogP) is 3.03. The summed E-state index contributed by atoms with van der Waals surface area (Å²) in [5.74, 6) is 0.671. The Morgan fingerprint density at radius 2 is 2.09 bits per heavy atom. The van der Waals surface area contributed by atoms with E-state index in [1.165, 1.54) is 10.9 Å². The van der Waals surface area contributed by atoms with Gasteiger partial charge in [-0.1, -0.05) is 18.6 Å². The molecule has 1 amide bonds. The summed E-state index contributed by atoms with van der Waals surface area (Å²) >= 11 is 0. The Bertz CT molecular complexity index is 1170. The van der Waals surface area contributed by atoms with Crippen LogP contribution in [0.3, 0.4) is 0 Å². The summed E-state index contributed by atoms with van der Waals surface area (Å²) < 4.78 is 6.51. The zero-order valence-corrected chi connectivity index (χ0v) is 17.9. The van der Waals surface area contributed by atoms with Crippen LogP contribution in [0.15, 0.2) is 53.6 Å². The SMILES string of the molecule is COCC[C@H]1CCC[C@H]1NC(=O)c1ccc(-n2[nH]cc(-c3ccc(C#N)cc3)c2=O)nc1. The van der Waals surface area contributed by atoms with Gasteiger partial charge in [-0.15, -0.1) is 0 Å². The number of nitrogens with one attached hydrogen (secondary N) is 2. The number of H-pyrrole nitrogens is 1. The molecular weight excluding hydrogens is 406 g/mol. The largest absolute Gasteiger partial charge is 0.385 e. The topological polar surface area (TPSA) is 113 Å². The van der Waals surface area contributed by atoms with E-state index in [1.54, 1.807) is 49.7 Å². The lowest BCUT2D eigenvalue weighted by Crippen LogP contribution is -2.37. The first-order valence-electron chi connectivity index (χ1n) is 10.7. The lowest BCUT2D eigenvalue weighted by Gasteiger charge is -2.20. The second kappa shape index (κ2) is 9.62. The molecule has 1 aliphatic carbocycles. The molecule has 1 saturated carbocycles. The van der Waals surface area contributed by atoms with E-state index in [1.807, 2.05) is 0 Å². The number of methoxy groups -OCH3 is 1. The summed E-state index contributed by atoms with van der Waals surface area (Å²) in [6.45, 7) is 0.697. The zero-order chi connectivity index (χ0) is 22.5. The van der Waals surface area contributed by atoms with Crippen molar-refractivity contribution in [3.8, 4) is 23.0 Å². The Morgan fingerprint density at radius 3 is 2.78 bits per heavy atom. The fourth-order valence-corrected chi connectivity index (χ4v) is 4.22. The molecule has 2 aromatic heterocycles. The zero-order valence-electron chi connectivity index (χ0n) is 17.9. The van der Waals surface area contributed by atoms with Crippen LogP contribution in [0, 0.1) is 17.2 Å². The Hall–Kier alpha value is -3.70. The van der Waals surface area contributed by atoms with E-state index in [9.17, 15) is 9.59 Å². The molecular formula is C24H25N5O3. The van der Waals surface area contributed by atoms with Gasteiger partial charge >= 0.3 is 0 Å². The van der Waals surface area contributed by atoms with E-state index in [4.69, 9.17) is 10.00 Å². The molecule has 1 aromatic carbocycles. The van der Waals surface area contributed by atoms with Gasteiger partial charge < -0.3 is 10.1 Å². The second-order valence-corrected chi connectivity index (χ2v) is 7.97. The molecule has 2 heterocycles. The number of benzene rings is 1. The van der Waals surface area contributed by atoms with Gasteiger partial charge in [0.25, 0.3) is 11.5 Å². The van der Waals surface area contributed by atoms with Gasteiger partial charge in [0.05, 0.1) is 22.8 Å². The van der Waals surface area contributed by atoms with Crippen LogP contribution in [0.2, 0.25) is 0 Å². The number of hydrogen-bond acceptors (Lipinski definition) is 5. The van der Waals surface area contributed by atoms with Gasteiger partial charge in [-0.2, -0.15) is 5.26 Å². The number of aromatic nitrogens is 3. The highest BCUT2D eigenvalue weighted by Crippen LogP contribution is 2.28. The Labute approximate surface area is 185 Å². The number of hydrogen-bond donors (Lipinski definition) is 2. The fraction of sp³-hybridized carbons (Fsp3) is 0.333. The normalized spacial score (nSPS) is 17.8. The maximum Gasteiger partial charge on any atom is 0.280 e. The molecule has 0 bridgehead atoms. The number of rotatable bonds is 7. The number of pyridine rings is 1. The molecule has 0 spiro atoms. The number of aromatic amines is 1. The molecule has 0 radical (unpaired) electrons. The van der Waals surface area contributed by atoms with Crippen molar-refractivity contribution >= 4 is 5.91 Å². The molecule has 3 aromatic rings. The molecule has 2 atom stereocenters. The van der Waals surface area contributed by atoms with E-state index in [2.05, 4.69) is 21.5 Å². The minimum absolute atomic E-state index is 0.151. The van der Waals surface area contributed by atoms with Crippen LogP contribution in [0.4, 0.5) is 0 Å². The number of carbonyl (C=O) groups excluding carboxylic acids is 1. The summed E-state index contributed by atoms with van der Waals surface area (Å²) in [4.78, 5) is 29.8. The highest BCUT2D eigenvalue weighted by Gasteiger charge is 2.28. The summed E-state index contributed by atoms with van der Waals surface area (Å²) in [5, 5.41) is 15.0. The number of carbonyl (C=O) groups is 1. The van der Waals surface area contributed by atoms with Crippen LogP contribution in [-0.2, 0) is 4.74 Å². The lowest BCUT2D eigenvalue weighted by atomic mass is 10.00. The summed E-state index contributed by atoms with van der Waals surface area (Å²) in [6, 6.07) is 12.3. The average Bonchev–Trinajstić information content (AvgIpc) is 3.43. The van der Waals surface area contributed by atoms with Crippen molar-refractivity contribution in [2.75, 3.05) is 13.7 Å². The summed E-state index contributed by atoms with van der Waals surface area (Å²) in [6.07, 6.45) is 7.21. The maximum atomic E-state index is 12.8. The molecule has 1 fully saturated rings. The molecule has 8 heteroatoms. The number of nitrogens with zero attached hydrogens (tertiary/aromatic N) is 3. The van der Waals surface area contributed by atoms with Crippen LogP contribution < -0.4 is 10.9 Å². The van der Waals surface area contributed by atoms with Crippen molar-refractivity contribution in [1.29, 1.82) is 5.26 Å². The van der Waals surface area contributed by atoms with E-state index in [0.717, 1.165) is 25.7 Å². The van der Waals surface area contributed by atoms with Gasteiger partial charge in [-0.3, -0.25) is 14.7 Å². The van der Waals surface area contributed by atoms with Crippen molar-refractivity contribution < 1.29 is 9.53 Å². The van der Waals surface area contributed by atoms with E-state index >= 15 is 0 Å². The number of amides is 1. The highest BCUT2D eigenvalue weighted by molar-refractivity contribution is 5.94. The minimum atomic E-state index is -0.258. The predicted molar refractivity (Wildman–Crippen MR) is 119 cm³/mol. The Morgan fingerprint density at radius 1 is 1.28 bits per heavy atom. The van der Waals surface area contributed by atoms with Gasteiger partial charge in [0.1, 0.15) is 0 Å². The Balaban J connectivity index is 1.47. The minimum Gasteiger partial charge on any atom is -0.385 e. The van der Waals surface area contributed by atoms with Gasteiger partial charge in [-0.25, -0.2) is 9.67 Å². The first-order valence-corrected chi connectivity index (χ1v) is 10.7. The molecule has 32 heavy (non-hydrogen) atoms. The molecule has 164 valence electrons. The van der Waals surface area contributed by atoms with Crippen LogP contribution in [-0.4, -0.2) is 40.4 Å². The second-order valence-electron chi connectivity index (χ2n) is 7.97. The smallest absolute Gasteiger partial charge is 0.280 e. The van der Waals surface area contributed by atoms with Crippen LogP contribution in [0.5, 0.6) is 0 Å². The lowest BCUT2D eigenvalue weighted by molar-refractivity contribution is 0.0919. The molecule has 2 N–H and O–H groups in total. The van der Waals surface area contributed by atoms with Crippen molar-refractivity contribution in [2.45, 2.75) is 31.7 Å².